The second-order valence-corrected chi connectivity index (χ2v) is 5.65. The van der Waals surface area contributed by atoms with E-state index in [-0.39, 0.29) is 0 Å². The van der Waals surface area contributed by atoms with Crippen LogP contribution in [0.25, 0.3) is 0 Å². The Labute approximate surface area is 116 Å². The summed E-state index contributed by atoms with van der Waals surface area (Å²) in [6, 6.07) is 14.0. The van der Waals surface area contributed by atoms with Crippen molar-refractivity contribution in [2.75, 3.05) is 0 Å². The van der Waals surface area contributed by atoms with Crippen LogP contribution in [-0.2, 0) is 6.42 Å². The zero-order valence-corrected chi connectivity index (χ0v) is 11.7. The normalized spacial score (nSPS) is 10.5. The molecule has 0 N–H and O–H groups in total. The highest BCUT2D eigenvalue weighted by Gasteiger charge is 2.02. The van der Waals surface area contributed by atoms with Gasteiger partial charge in [-0.25, -0.2) is 0 Å². The summed E-state index contributed by atoms with van der Waals surface area (Å²) in [5, 5.41) is 1.60. The third-order valence-corrected chi connectivity index (χ3v) is 4.07. The average Bonchev–Trinajstić information content (AvgIpc) is 2.34. The lowest BCUT2D eigenvalue weighted by Gasteiger charge is -2.05. The van der Waals surface area contributed by atoms with Crippen LogP contribution < -0.4 is 0 Å². The van der Waals surface area contributed by atoms with E-state index in [0.29, 0.717) is 0 Å². The summed E-state index contributed by atoms with van der Waals surface area (Å²) < 4.78 is 0. The molecule has 2 aromatic carbocycles. The van der Waals surface area contributed by atoms with Gasteiger partial charge in [0, 0.05) is 19.8 Å². The average molecular weight is 283 g/mol. The number of hydrogen-bond acceptors (Lipinski definition) is 1. The number of hydrogen-bond donors (Lipinski definition) is 0. The molecule has 2 rings (SSSR count). The molecule has 0 heterocycles. The number of rotatable bonds is 3. The van der Waals surface area contributed by atoms with Crippen molar-refractivity contribution >= 4 is 35.0 Å². The zero-order chi connectivity index (χ0) is 12.3. The van der Waals surface area contributed by atoms with Gasteiger partial charge < -0.3 is 0 Å². The Kier molecular flexibility index (Phi) is 4.38. The van der Waals surface area contributed by atoms with Crippen LogP contribution in [0.1, 0.15) is 12.5 Å². The molecule has 88 valence electrons. The Morgan fingerprint density at radius 3 is 2.24 bits per heavy atom. The van der Waals surface area contributed by atoms with Crippen molar-refractivity contribution in [2.24, 2.45) is 0 Å². The lowest BCUT2D eigenvalue weighted by atomic mass is 10.2. The molecule has 2 aromatic rings. The molecule has 0 aromatic heterocycles. The Balaban J connectivity index is 2.21. The minimum Gasteiger partial charge on any atom is -0.0901 e. The van der Waals surface area contributed by atoms with E-state index >= 15 is 0 Å². The van der Waals surface area contributed by atoms with Crippen LogP contribution in [0.5, 0.6) is 0 Å². The van der Waals surface area contributed by atoms with Crippen molar-refractivity contribution in [1.82, 2.24) is 0 Å². The maximum atomic E-state index is 6.09. The molecule has 0 spiro atoms. The lowest BCUT2D eigenvalue weighted by molar-refractivity contribution is 1.12. The van der Waals surface area contributed by atoms with Gasteiger partial charge in [-0.2, -0.15) is 0 Å². The summed E-state index contributed by atoms with van der Waals surface area (Å²) in [5.74, 6) is 0. The number of halogens is 2. The van der Waals surface area contributed by atoms with E-state index in [1.165, 1.54) is 15.4 Å². The molecule has 3 heteroatoms. The van der Waals surface area contributed by atoms with Gasteiger partial charge in [-0.15, -0.1) is 0 Å². The topological polar surface area (TPSA) is 0 Å². The van der Waals surface area contributed by atoms with E-state index < -0.39 is 0 Å². The number of aryl methyl sites for hydroxylation is 1. The van der Waals surface area contributed by atoms with E-state index in [1.807, 2.05) is 36.4 Å². The van der Waals surface area contributed by atoms with Gasteiger partial charge in [-0.3, -0.25) is 0 Å². The standard InChI is InChI=1S/C14H12Cl2S/c1-2-10-9-13(7-8-14(10)16)17-12-5-3-11(15)4-6-12/h3-9H,2H2,1H3. The predicted octanol–water partition coefficient (Wildman–Crippen LogP) is 5.71. The van der Waals surface area contributed by atoms with Gasteiger partial charge in [0.2, 0.25) is 0 Å². The quantitative estimate of drug-likeness (QED) is 0.695. The van der Waals surface area contributed by atoms with Gasteiger partial charge in [0.15, 0.2) is 0 Å². The van der Waals surface area contributed by atoms with E-state index in [2.05, 4.69) is 13.0 Å². The van der Waals surface area contributed by atoms with Crippen LogP contribution in [0.3, 0.4) is 0 Å². The molecule has 0 nitrogen and oxygen atoms in total. The Hall–Kier alpha value is -0.630. The first-order chi connectivity index (χ1) is 8.19. The Bertz CT molecular complexity index is 506. The third-order valence-electron chi connectivity index (χ3n) is 2.45. The van der Waals surface area contributed by atoms with Crippen molar-refractivity contribution in [1.29, 1.82) is 0 Å². The molecule has 0 aliphatic rings. The molecule has 0 aliphatic carbocycles. The van der Waals surface area contributed by atoms with Crippen LogP contribution in [0.15, 0.2) is 52.3 Å². The van der Waals surface area contributed by atoms with Gasteiger partial charge in [-0.1, -0.05) is 41.9 Å². The predicted molar refractivity (Wildman–Crippen MR) is 76.4 cm³/mol. The lowest BCUT2D eigenvalue weighted by Crippen LogP contribution is -1.83. The molecule has 0 amide bonds. The minimum absolute atomic E-state index is 0.764. The van der Waals surface area contributed by atoms with Crippen LogP contribution in [0, 0.1) is 0 Å². The molecule has 0 saturated heterocycles. The minimum atomic E-state index is 0.764. The van der Waals surface area contributed by atoms with Gasteiger partial charge in [0.25, 0.3) is 0 Å². The molecule has 0 unspecified atom stereocenters. The first kappa shape index (κ1) is 12.8. The second kappa shape index (κ2) is 5.81. The molecule has 0 saturated carbocycles. The summed E-state index contributed by atoms with van der Waals surface area (Å²) in [6.07, 6.45) is 0.952. The first-order valence-corrected chi connectivity index (χ1v) is 6.98. The van der Waals surface area contributed by atoms with Crippen molar-refractivity contribution in [3.8, 4) is 0 Å². The molecule has 0 atom stereocenters. The molecule has 17 heavy (non-hydrogen) atoms. The molecular formula is C14H12Cl2S. The summed E-state index contributed by atoms with van der Waals surface area (Å²) in [5.41, 5.74) is 1.19. The fourth-order valence-electron chi connectivity index (χ4n) is 1.52. The number of benzene rings is 2. The van der Waals surface area contributed by atoms with Crippen molar-refractivity contribution in [3.63, 3.8) is 0 Å². The molecular weight excluding hydrogens is 271 g/mol. The first-order valence-electron chi connectivity index (χ1n) is 5.41. The largest absolute Gasteiger partial charge is 0.0901 e. The monoisotopic (exact) mass is 282 g/mol. The molecule has 0 fully saturated rings. The van der Waals surface area contributed by atoms with Crippen LogP contribution >= 0.6 is 35.0 Å². The van der Waals surface area contributed by atoms with Crippen molar-refractivity contribution < 1.29 is 0 Å². The highest BCUT2D eigenvalue weighted by Crippen LogP contribution is 2.31. The SMILES string of the molecule is CCc1cc(Sc2ccc(Cl)cc2)ccc1Cl. The second-order valence-electron chi connectivity index (χ2n) is 3.66. The van der Waals surface area contributed by atoms with Crippen LogP contribution in [-0.4, -0.2) is 0 Å². The van der Waals surface area contributed by atoms with Gasteiger partial charge in [0.05, 0.1) is 0 Å². The van der Waals surface area contributed by atoms with Crippen molar-refractivity contribution in [2.45, 2.75) is 23.1 Å². The van der Waals surface area contributed by atoms with E-state index in [0.717, 1.165) is 16.5 Å². The summed E-state index contributed by atoms with van der Waals surface area (Å²) >= 11 is 13.7. The molecule has 0 radical (unpaired) electrons. The summed E-state index contributed by atoms with van der Waals surface area (Å²) in [4.78, 5) is 2.38. The highest BCUT2D eigenvalue weighted by atomic mass is 35.5. The van der Waals surface area contributed by atoms with Gasteiger partial charge >= 0.3 is 0 Å². The fourth-order valence-corrected chi connectivity index (χ4v) is 2.78. The fraction of sp³-hybridized carbons (Fsp3) is 0.143. The van der Waals surface area contributed by atoms with Gasteiger partial charge in [-0.05, 0) is 54.4 Å². The summed E-state index contributed by atoms with van der Waals surface area (Å²) in [7, 11) is 0. The maximum Gasteiger partial charge on any atom is 0.0438 e. The van der Waals surface area contributed by atoms with E-state index in [1.54, 1.807) is 11.8 Å². The maximum absolute atomic E-state index is 6.09. The van der Waals surface area contributed by atoms with Gasteiger partial charge in [0.1, 0.15) is 0 Å². The highest BCUT2D eigenvalue weighted by molar-refractivity contribution is 7.99. The van der Waals surface area contributed by atoms with E-state index in [9.17, 15) is 0 Å². The summed E-state index contributed by atoms with van der Waals surface area (Å²) in [6.45, 7) is 2.11. The van der Waals surface area contributed by atoms with Crippen LogP contribution in [0.4, 0.5) is 0 Å². The third kappa shape index (κ3) is 3.41. The Morgan fingerprint density at radius 1 is 0.941 bits per heavy atom. The van der Waals surface area contributed by atoms with Crippen LogP contribution in [0.2, 0.25) is 10.0 Å². The van der Waals surface area contributed by atoms with E-state index in [4.69, 9.17) is 23.2 Å². The van der Waals surface area contributed by atoms with Crippen molar-refractivity contribution in [3.05, 3.63) is 58.1 Å². The smallest absolute Gasteiger partial charge is 0.0438 e. The molecule has 0 aliphatic heterocycles. The Morgan fingerprint density at radius 2 is 1.59 bits per heavy atom. The molecule has 0 bridgehead atoms. The zero-order valence-electron chi connectivity index (χ0n) is 9.41.